The van der Waals surface area contributed by atoms with Gasteiger partial charge in [0.25, 0.3) is 5.69 Å². The molecule has 0 saturated carbocycles. The average molecular weight is 302 g/mol. The molecular weight excluding hydrogens is 288 g/mol. The van der Waals surface area contributed by atoms with E-state index in [4.69, 9.17) is 0 Å². The van der Waals surface area contributed by atoms with Crippen LogP contribution < -0.4 is 0 Å². The molecule has 4 heteroatoms. The van der Waals surface area contributed by atoms with Gasteiger partial charge in [0.2, 0.25) is 0 Å². The summed E-state index contributed by atoms with van der Waals surface area (Å²) in [6, 6.07) is 24.4. The maximum Gasteiger partial charge on any atom is 0.271 e. The fourth-order valence-corrected chi connectivity index (χ4v) is 2.27. The van der Waals surface area contributed by atoms with E-state index >= 15 is 0 Å². The van der Waals surface area contributed by atoms with Gasteiger partial charge in [0.15, 0.2) is 0 Å². The Kier molecular flexibility index (Phi) is 4.25. The number of rotatable bonds is 4. The second-order valence-electron chi connectivity index (χ2n) is 5.03. The topological polar surface area (TPSA) is 55.5 Å². The minimum absolute atomic E-state index is 0.0395. The smallest absolute Gasteiger partial charge is 0.258 e. The van der Waals surface area contributed by atoms with Crippen LogP contribution in [-0.4, -0.2) is 11.1 Å². The van der Waals surface area contributed by atoms with Gasteiger partial charge >= 0.3 is 0 Å². The summed E-state index contributed by atoms with van der Waals surface area (Å²) in [6.45, 7) is 0. The first-order valence-corrected chi connectivity index (χ1v) is 7.16. The van der Waals surface area contributed by atoms with Crippen LogP contribution in [-0.2, 0) is 0 Å². The van der Waals surface area contributed by atoms with Crippen molar-refractivity contribution in [3.63, 3.8) is 0 Å². The van der Waals surface area contributed by atoms with E-state index in [1.54, 1.807) is 18.3 Å². The van der Waals surface area contributed by atoms with Crippen LogP contribution in [0.3, 0.4) is 0 Å². The normalized spacial score (nSPS) is 10.8. The van der Waals surface area contributed by atoms with E-state index < -0.39 is 4.92 Å². The average Bonchev–Trinajstić information content (AvgIpc) is 2.61. The van der Waals surface area contributed by atoms with Crippen molar-refractivity contribution in [2.75, 3.05) is 0 Å². The number of benzene rings is 3. The Balaban J connectivity index is 1.86. The monoisotopic (exact) mass is 302 g/mol. The molecule has 0 fully saturated rings. The summed E-state index contributed by atoms with van der Waals surface area (Å²) in [4.78, 5) is 14.7. The van der Waals surface area contributed by atoms with Crippen LogP contribution in [0.15, 0.2) is 83.9 Å². The van der Waals surface area contributed by atoms with Gasteiger partial charge in [-0.15, -0.1) is 0 Å². The molecule has 4 nitrogen and oxygen atoms in total. The Hall–Kier alpha value is -3.27. The second kappa shape index (κ2) is 6.66. The summed E-state index contributed by atoms with van der Waals surface area (Å²) in [7, 11) is 0. The Bertz CT molecular complexity index is 858. The summed E-state index contributed by atoms with van der Waals surface area (Å²) in [6.07, 6.45) is 1.71. The molecule has 112 valence electrons. The lowest BCUT2D eigenvalue weighted by molar-refractivity contribution is -0.384. The first-order chi connectivity index (χ1) is 11.2. The molecule has 0 atom stereocenters. The third-order valence-corrected chi connectivity index (χ3v) is 3.40. The van der Waals surface area contributed by atoms with Crippen LogP contribution in [0.5, 0.6) is 0 Å². The van der Waals surface area contributed by atoms with Gasteiger partial charge in [-0.25, -0.2) is 0 Å². The standard InChI is InChI=1S/C19H14N2O2/c22-21(23)19-11-5-10-18(13-19)20-14-15-6-4-9-17(12-15)16-7-2-1-3-8-16/h1-14H. The highest BCUT2D eigenvalue weighted by atomic mass is 16.6. The van der Waals surface area contributed by atoms with Crippen molar-refractivity contribution in [1.29, 1.82) is 0 Å². The molecule has 0 heterocycles. The van der Waals surface area contributed by atoms with Crippen molar-refractivity contribution in [2.24, 2.45) is 4.99 Å². The molecule has 0 saturated heterocycles. The Labute approximate surface area is 133 Å². The predicted molar refractivity (Wildman–Crippen MR) is 92.2 cm³/mol. The van der Waals surface area contributed by atoms with E-state index in [-0.39, 0.29) is 5.69 Å². The first kappa shape index (κ1) is 14.7. The summed E-state index contributed by atoms with van der Waals surface area (Å²) < 4.78 is 0. The van der Waals surface area contributed by atoms with Crippen molar-refractivity contribution in [1.82, 2.24) is 0 Å². The minimum Gasteiger partial charge on any atom is -0.258 e. The van der Waals surface area contributed by atoms with Gasteiger partial charge in [-0.1, -0.05) is 54.6 Å². The molecular formula is C19H14N2O2. The van der Waals surface area contributed by atoms with E-state index in [1.807, 2.05) is 42.5 Å². The Morgan fingerprint density at radius 2 is 1.57 bits per heavy atom. The zero-order chi connectivity index (χ0) is 16.1. The molecule has 0 amide bonds. The van der Waals surface area contributed by atoms with Gasteiger partial charge in [-0.3, -0.25) is 15.1 Å². The molecule has 0 unspecified atom stereocenters. The van der Waals surface area contributed by atoms with Crippen molar-refractivity contribution < 1.29 is 4.92 Å². The van der Waals surface area contributed by atoms with Crippen LogP contribution >= 0.6 is 0 Å². The van der Waals surface area contributed by atoms with Crippen LogP contribution in [0.1, 0.15) is 5.56 Å². The summed E-state index contributed by atoms with van der Waals surface area (Å²) in [5, 5.41) is 10.8. The Morgan fingerprint density at radius 1 is 0.826 bits per heavy atom. The van der Waals surface area contributed by atoms with Crippen molar-refractivity contribution >= 4 is 17.6 Å². The molecule has 0 spiro atoms. The zero-order valence-electron chi connectivity index (χ0n) is 12.3. The molecule has 0 aliphatic rings. The lowest BCUT2D eigenvalue weighted by Gasteiger charge is -2.02. The van der Waals surface area contributed by atoms with Gasteiger partial charge in [0, 0.05) is 18.3 Å². The van der Waals surface area contributed by atoms with E-state index in [2.05, 4.69) is 17.1 Å². The quantitative estimate of drug-likeness (QED) is 0.386. The molecule has 3 rings (SSSR count). The number of aliphatic imine (C=N–C) groups is 1. The maximum absolute atomic E-state index is 10.8. The van der Waals surface area contributed by atoms with Crippen LogP contribution in [0.2, 0.25) is 0 Å². The molecule has 3 aromatic rings. The van der Waals surface area contributed by atoms with E-state index in [1.165, 1.54) is 12.1 Å². The van der Waals surface area contributed by atoms with Crippen LogP contribution in [0.25, 0.3) is 11.1 Å². The van der Waals surface area contributed by atoms with Crippen molar-refractivity contribution in [3.05, 3.63) is 94.5 Å². The van der Waals surface area contributed by atoms with Crippen LogP contribution in [0, 0.1) is 10.1 Å². The highest BCUT2D eigenvalue weighted by molar-refractivity contribution is 5.84. The Morgan fingerprint density at radius 3 is 2.35 bits per heavy atom. The zero-order valence-corrected chi connectivity index (χ0v) is 12.3. The number of hydrogen-bond donors (Lipinski definition) is 0. The number of nitro groups is 1. The molecule has 3 aromatic carbocycles. The second-order valence-corrected chi connectivity index (χ2v) is 5.03. The fourth-order valence-electron chi connectivity index (χ4n) is 2.27. The number of nitro benzene ring substituents is 1. The number of hydrogen-bond acceptors (Lipinski definition) is 3. The number of non-ortho nitro benzene ring substituents is 1. The molecule has 0 N–H and O–H groups in total. The lowest BCUT2D eigenvalue weighted by Crippen LogP contribution is -1.86. The summed E-state index contributed by atoms with van der Waals surface area (Å²) in [5.74, 6) is 0. The molecule has 0 bridgehead atoms. The van der Waals surface area contributed by atoms with Gasteiger partial charge in [-0.05, 0) is 28.8 Å². The predicted octanol–water partition coefficient (Wildman–Crippen LogP) is 5.01. The van der Waals surface area contributed by atoms with Crippen molar-refractivity contribution in [3.8, 4) is 11.1 Å². The maximum atomic E-state index is 10.8. The molecule has 0 radical (unpaired) electrons. The van der Waals surface area contributed by atoms with Gasteiger partial charge in [-0.2, -0.15) is 0 Å². The molecule has 0 aromatic heterocycles. The highest BCUT2D eigenvalue weighted by Crippen LogP contribution is 2.21. The van der Waals surface area contributed by atoms with E-state index in [9.17, 15) is 10.1 Å². The summed E-state index contributed by atoms with van der Waals surface area (Å²) >= 11 is 0. The van der Waals surface area contributed by atoms with Crippen LogP contribution in [0.4, 0.5) is 11.4 Å². The minimum atomic E-state index is -0.422. The third-order valence-electron chi connectivity index (χ3n) is 3.40. The third kappa shape index (κ3) is 3.68. The largest absolute Gasteiger partial charge is 0.271 e. The van der Waals surface area contributed by atoms with Gasteiger partial charge in [0.05, 0.1) is 10.6 Å². The molecule has 0 aliphatic heterocycles. The SMILES string of the molecule is O=[N+]([O-])c1cccc(N=Cc2cccc(-c3ccccc3)c2)c1. The fraction of sp³-hybridized carbons (Fsp3) is 0. The number of nitrogens with zero attached hydrogens (tertiary/aromatic N) is 2. The highest BCUT2D eigenvalue weighted by Gasteiger charge is 2.04. The van der Waals surface area contributed by atoms with Gasteiger partial charge in [0.1, 0.15) is 0 Å². The van der Waals surface area contributed by atoms with E-state index in [0.717, 1.165) is 16.7 Å². The van der Waals surface area contributed by atoms with E-state index in [0.29, 0.717) is 5.69 Å². The first-order valence-electron chi connectivity index (χ1n) is 7.16. The van der Waals surface area contributed by atoms with Gasteiger partial charge < -0.3 is 0 Å². The molecule has 0 aliphatic carbocycles. The summed E-state index contributed by atoms with van der Waals surface area (Å²) in [5.41, 5.74) is 3.78. The van der Waals surface area contributed by atoms with Crippen molar-refractivity contribution in [2.45, 2.75) is 0 Å². The molecule has 23 heavy (non-hydrogen) atoms. The lowest BCUT2D eigenvalue weighted by atomic mass is 10.0.